The largest absolute Gasteiger partial charge is 0.339 e. The van der Waals surface area contributed by atoms with E-state index >= 15 is 0 Å². The third-order valence-electron chi connectivity index (χ3n) is 4.73. The van der Waals surface area contributed by atoms with Gasteiger partial charge in [-0.1, -0.05) is 54.6 Å². The van der Waals surface area contributed by atoms with Crippen LogP contribution in [-0.4, -0.2) is 29.9 Å². The lowest BCUT2D eigenvalue weighted by Gasteiger charge is -2.21. The quantitative estimate of drug-likeness (QED) is 0.943. The zero-order chi connectivity index (χ0) is 16.2. The Morgan fingerprint density at radius 3 is 2.35 bits per heavy atom. The Labute approximate surface area is 138 Å². The lowest BCUT2D eigenvalue weighted by atomic mass is 10.0. The van der Waals surface area contributed by atoms with Crippen molar-refractivity contribution in [1.82, 2.24) is 4.90 Å². The summed E-state index contributed by atoms with van der Waals surface area (Å²) in [5, 5.41) is 0. The van der Waals surface area contributed by atoms with Crippen molar-refractivity contribution >= 4 is 5.91 Å². The van der Waals surface area contributed by atoms with E-state index in [2.05, 4.69) is 43.3 Å². The number of carbonyl (C=O) groups is 1. The number of amides is 1. The molecule has 3 nitrogen and oxygen atoms in total. The molecule has 120 valence electrons. The average Bonchev–Trinajstić information content (AvgIpc) is 2.97. The molecule has 0 aliphatic carbocycles. The van der Waals surface area contributed by atoms with E-state index in [4.69, 9.17) is 5.73 Å². The highest BCUT2D eigenvalue weighted by atomic mass is 16.2. The zero-order valence-electron chi connectivity index (χ0n) is 13.6. The molecule has 1 saturated heterocycles. The molecule has 2 atom stereocenters. The normalized spacial score (nSPS) is 20.7. The van der Waals surface area contributed by atoms with Crippen molar-refractivity contribution in [3.63, 3.8) is 0 Å². The lowest BCUT2D eigenvalue weighted by Crippen LogP contribution is -2.35. The Morgan fingerprint density at radius 2 is 1.74 bits per heavy atom. The van der Waals surface area contributed by atoms with Crippen LogP contribution in [0, 0.1) is 5.92 Å². The summed E-state index contributed by atoms with van der Waals surface area (Å²) in [5.74, 6) is 0.662. The van der Waals surface area contributed by atoms with Crippen LogP contribution in [0.5, 0.6) is 0 Å². The predicted molar refractivity (Wildman–Crippen MR) is 93.9 cm³/mol. The number of rotatable bonds is 4. The molecule has 1 heterocycles. The molecular formula is C20H24N2O. The van der Waals surface area contributed by atoms with E-state index in [0.717, 1.165) is 18.5 Å². The van der Waals surface area contributed by atoms with E-state index in [1.165, 1.54) is 11.1 Å². The van der Waals surface area contributed by atoms with Gasteiger partial charge in [-0.25, -0.2) is 0 Å². The summed E-state index contributed by atoms with van der Waals surface area (Å²) in [5.41, 5.74) is 9.19. The summed E-state index contributed by atoms with van der Waals surface area (Å²) in [6.45, 7) is 3.59. The zero-order valence-corrected chi connectivity index (χ0v) is 13.6. The van der Waals surface area contributed by atoms with Crippen LogP contribution >= 0.6 is 0 Å². The molecule has 2 unspecified atom stereocenters. The van der Waals surface area contributed by atoms with Gasteiger partial charge < -0.3 is 10.6 Å². The molecule has 1 aliphatic heterocycles. The van der Waals surface area contributed by atoms with Gasteiger partial charge in [-0.3, -0.25) is 4.79 Å². The van der Waals surface area contributed by atoms with Crippen LogP contribution in [0.25, 0.3) is 11.1 Å². The first kappa shape index (κ1) is 15.8. The number of nitrogens with zero attached hydrogens (tertiary/aromatic N) is 1. The number of hydrogen-bond donors (Lipinski definition) is 1. The van der Waals surface area contributed by atoms with Crippen LogP contribution in [0.4, 0.5) is 0 Å². The van der Waals surface area contributed by atoms with Crippen molar-refractivity contribution in [3.8, 4) is 11.1 Å². The van der Waals surface area contributed by atoms with Gasteiger partial charge in [-0.05, 0) is 42.5 Å². The smallest absolute Gasteiger partial charge is 0.227 e. The van der Waals surface area contributed by atoms with E-state index in [1.54, 1.807) is 0 Å². The Balaban J connectivity index is 1.65. The molecule has 1 fully saturated rings. The highest BCUT2D eigenvalue weighted by Crippen LogP contribution is 2.24. The topological polar surface area (TPSA) is 46.3 Å². The standard InChI is InChI=1S/C20H24N2O/c1-15-11-17(13-21)14-22(15)20(23)12-16-7-9-19(10-8-16)18-5-3-2-4-6-18/h2-10,15,17H,11-14,21H2,1H3. The van der Waals surface area contributed by atoms with Crippen LogP contribution < -0.4 is 5.73 Å². The first-order chi connectivity index (χ1) is 11.2. The molecule has 3 heteroatoms. The van der Waals surface area contributed by atoms with Gasteiger partial charge in [0.05, 0.1) is 6.42 Å². The molecule has 2 aromatic carbocycles. The summed E-state index contributed by atoms with van der Waals surface area (Å²) >= 11 is 0. The minimum atomic E-state index is 0.209. The molecule has 2 aromatic rings. The first-order valence-corrected chi connectivity index (χ1v) is 8.31. The van der Waals surface area contributed by atoms with Gasteiger partial charge in [-0.15, -0.1) is 0 Å². The Kier molecular flexibility index (Phi) is 4.77. The SMILES string of the molecule is CC1CC(CN)CN1C(=O)Cc1ccc(-c2ccccc2)cc1. The molecule has 3 rings (SSSR count). The monoisotopic (exact) mass is 308 g/mol. The maximum Gasteiger partial charge on any atom is 0.227 e. The van der Waals surface area contributed by atoms with Crippen molar-refractivity contribution < 1.29 is 4.79 Å². The van der Waals surface area contributed by atoms with Crippen LogP contribution in [0.2, 0.25) is 0 Å². The highest BCUT2D eigenvalue weighted by molar-refractivity contribution is 5.79. The first-order valence-electron chi connectivity index (χ1n) is 8.31. The van der Waals surface area contributed by atoms with Gasteiger partial charge in [0.1, 0.15) is 0 Å². The Bertz CT molecular complexity index is 651. The molecule has 0 spiro atoms. The van der Waals surface area contributed by atoms with Crippen molar-refractivity contribution in [2.45, 2.75) is 25.8 Å². The molecular weight excluding hydrogens is 284 g/mol. The molecule has 2 N–H and O–H groups in total. The number of nitrogens with two attached hydrogens (primary N) is 1. The number of carbonyl (C=O) groups excluding carboxylic acids is 1. The van der Waals surface area contributed by atoms with Gasteiger partial charge in [0.25, 0.3) is 0 Å². The van der Waals surface area contributed by atoms with Gasteiger partial charge in [-0.2, -0.15) is 0 Å². The lowest BCUT2D eigenvalue weighted by molar-refractivity contribution is -0.131. The second-order valence-electron chi connectivity index (χ2n) is 6.47. The molecule has 1 amide bonds. The van der Waals surface area contributed by atoms with Crippen molar-refractivity contribution in [2.75, 3.05) is 13.1 Å². The summed E-state index contributed by atoms with van der Waals surface area (Å²) in [4.78, 5) is 14.5. The molecule has 23 heavy (non-hydrogen) atoms. The molecule has 1 aliphatic rings. The third kappa shape index (κ3) is 3.62. The molecule has 0 radical (unpaired) electrons. The summed E-state index contributed by atoms with van der Waals surface area (Å²) in [7, 11) is 0. The second kappa shape index (κ2) is 6.97. The third-order valence-corrected chi connectivity index (χ3v) is 4.73. The van der Waals surface area contributed by atoms with Gasteiger partial charge in [0.15, 0.2) is 0 Å². The molecule has 0 bridgehead atoms. The van der Waals surface area contributed by atoms with Crippen LogP contribution in [0.3, 0.4) is 0 Å². The van der Waals surface area contributed by atoms with Gasteiger partial charge in [0.2, 0.25) is 5.91 Å². The van der Waals surface area contributed by atoms with E-state index in [-0.39, 0.29) is 5.91 Å². The van der Waals surface area contributed by atoms with Gasteiger partial charge in [0, 0.05) is 12.6 Å². The maximum absolute atomic E-state index is 12.5. The number of benzene rings is 2. The van der Waals surface area contributed by atoms with Gasteiger partial charge >= 0.3 is 0 Å². The minimum absolute atomic E-state index is 0.209. The Morgan fingerprint density at radius 1 is 1.09 bits per heavy atom. The van der Waals surface area contributed by atoms with Crippen molar-refractivity contribution in [1.29, 1.82) is 0 Å². The molecule has 0 saturated carbocycles. The van der Waals surface area contributed by atoms with E-state index in [0.29, 0.717) is 24.9 Å². The summed E-state index contributed by atoms with van der Waals surface area (Å²) < 4.78 is 0. The Hall–Kier alpha value is -2.13. The average molecular weight is 308 g/mol. The number of hydrogen-bond acceptors (Lipinski definition) is 2. The maximum atomic E-state index is 12.5. The van der Waals surface area contributed by atoms with E-state index in [9.17, 15) is 4.79 Å². The fraction of sp³-hybridized carbons (Fsp3) is 0.350. The number of likely N-dealkylation sites (tertiary alicyclic amines) is 1. The predicted octanol–water partition coefficient (Wildman–Crippen LogP) is 3.09. The van der Waals surface area contributed by atoms with Crippen molar-refractivity contribution in [2.24, 2.45) is 11.7 Å². The van der Waals surface area contributed by atoms with Crippen LogP contribution in [0.1, 0.15) is 18.9 Å². The van der Waals surface area contributed by atoms with Crippen LogP contribution in [-0.2, 0) is 11.2 Å². The fourth-order valence-corrected chi connectivity index (χ4v) is 3.38. The van der Waals surface area contributed by atoms with E-state index < -0.39 is 0 Å². The molecule has 0 aromatic heterocycles. The van der Waals surface area contributed by atoms with Crippen LogP contribution in [0.15, 0.2) is 54.6 Å². The summed E-state index contributed by atoms with van der Waals surface area (Å²) in [6, 6.07) is 18.9. The van der Waals surface area contributed by atoms with E-state index in [1.807, 2.05) is 23.1 Å². The summed E-state index contributed by atoms with van der Waals surface area (Å²) in [6.07, 6.45) is 1.49. The highest BCUT2D eigenvalue weighted by Gasteiger charge is 2.31. The second-order valence-corrected chi connectivity index (χ2v) is 6.47. The fourth-order valence-electron chi connectivity index (χ4n) is 3.38. The minimum Gasteiger partial charge on any atom is -0.339 e. The van der Waals surface area contributed by atoms with Crippen molar-refractivity contribution in [3.05, 3.63) is 60.2 Å².